The van der Waals surface area contributed by atoms with Gasteiger partial charge < -0.3 is 0 Å². The number of allylic oxidation sites excluding steroid dienone is 2. The Labute approximate surface area is 134 Å². The van der Waals surface area contributed by atoms with Crippen LogP contribution >= 0.6 is 0 Å². The molecule has 0 aromatic carbocycles. The van der Waals surface area contributed by atoms with Crippen molar-refractivity contribution in [3.63, 3.8) is 0 Å². The second-order valence-corrected chi connectivity index (χ2v) is 8.38. The Morgan fingerprint density at radius 1 is 0.864 bits per heavy atom. The minimum atomic E-state index is -1.23. The highest BCUT2D eigenvalue weighted by atomic mass is 19.2. The predicted octanol–water partition coefficient (Wildman–Crippen LogP) is 6.26. The Balaban J connectivity index is 1.56. The summed E-state index contributed by atoms with van der Waals surface area (Å²) < 4.78 is 28.4. The van der Waals surface area contributed by atoms with Crippen LogP contribution in [0, 0.1) is 29.6 Å². The number of hydrogen-bond donors (Lipinski definition) is 0. The first-order valence-corrected chi connectivity index (χ1v) is 9.53. The highest BCUT2D eigenvalue weighted by Crippen LogP contribution is 2.44. The highest BCUT2D eigenvalue weighted by molar-refractivity contribution is 5.12. The van der Waals surface area contributed by atoms with Crippen LogP contribution in [0.3, 0.4) is 0 Å². The van der Waals surface area contributed by atoms with E-state index in [4.69, 9.17) is 0 Å². The fourth-order valence-corrected chi connectivity index (χ4v) is 5.08. The minimum Gasteiger partial charge on any atom is -0.244 e. The van der Waals surface area contributed by atoms with E-state index in [9.17, 15) is 8.78 Å². The van der Waals surface area contributed by atoms with E-state index >= 15 is 0 Å². The predicted molar refractivity (Wildman–Crippen MR) is 88.2 cm³/mol. The lowest BCUT2D eigenvalue weighted by molar-refractivity contribution is 0.00228. The second kappa shape index (κ2) is 7.01. The van der Waals surface area contributed by atoms with Crippen molar-refractivity contribution in [2.75, 3.05) is 0 Å². The zero-order chi connectivity index (χ0) is 15.7. The van der Waals surface area contributed by atoms with Crippen LogP contribution in [-0.2, 0) is 0 Å². The van der Waals surface area contributed by atoms with E-state index < -0.39 is 12.3 Å². The molecule has 0 aromatic heterocycles. The number of alkyl halides is 2. The van der Waals surface area contributed by atoms with Gasteiger partial charge in [0.05, 0.1) is 0 Å². The Kier molecular flexibility index (Phi) is 5.24. The summed E-state index contributed by atoms with van der Waals surface area (Å²) in [5, 5.41) is 0. The molecular weight excluding hydrogens is 278 g/mol. The summed E-state index contributed by atoms with van der Waals surface area (Å²) in [6, 6.07) is 0. The van der Waals surface area contributed by atoms with E-state index in [0.29, 0.717) is 5.92 Å². The molecule has 3 aliphatic rings. The molecule has 0 spiro atoms. The monoisotopic (exact) mass is 310 g/mol. The molecule has 0 nitrogen and oxygen atoms in total. The van der Waals surface area contributed by atoms with E-state index in [1.165, 1.54) is 25.7 Å². The van der Waals surface area contributed by atoms with Gasteiger partial charge in [0.1, 0.15) is 12.3 Å². The van der Waals surface area contributed by atoms with Crippen molar-refractivity contribution in [2.45, 2.75) is 84.0 Å². The lowest BCUT2D eigenvalue weighted by Gasteiger charge is -2.40. The van der Waals surface area contributed by atoms with Crippen LogP contribution < -0.4 is 0 Å². The molecular formula is C20H32F2. The van der Waals surface area contributed by atoms with Crippen molar-refractivity contribution in [3.8, 4) is 0 Å². The standard InChI is InChI=1S/C20H32F2/c1-13-3-6-15(7-4-13)16-8-10-17(11-9-16)18-12-5-14(2)19(21)20(18)22/h8,13-15,17-20H,3-7,9-12H2,1-2H3. The SMILES string of the molecule is CC1CCC(C2=CCC(C3CCC(C)C(F)C3F)CC2)CC1. The van der Waals surface area contributed by atoms with Crippen molar-refractivity contribution in [1.82, 2.24) is 0 Å². The maximum Gasteiger partial charge on any atom is 0.134 e. The van der Waals surface area contributed by atoms with Crippen molar-refractivity contribution in [2.24, 2.45) is 29.6 Å². The molecule has 0 saturated heterocycles. The van der Waals surface area contributed by atoms with E-state index in [0.717, 1.165) is 43.9 Å². The summed E-state index contributed by atoms with van der Waals surface area (Å²) >= 11 is 0. The molecule has 3 rings (SSSR count). The number of hydrogen-bond acceptors (Lipinski definition) is 0. The van der Waals surface area contributed by atoms with Crippen LogP contribution in [-0.4, -0.2) is 12.3 Å². The third-order valence-electron chi connectivity index (χ3n) is 6.84. The summed E-state index contributed by atoms with van der Waals surface area (Å²) in [6.07, 6.45) is 10.3. The number of halogens is 2. The summed E-state index contributed by atoms with van der Waals surface area (Å²) in [7, 11) is 0. The Hall–Kier alpha value is -0.400. The zero-order valence-corrected chi connectivity index (χ0v) is 14.2. The van der Waals surface area contributed by atoms with E-state index in [1.54, 1.807) is 5.57 Å². The van der Waals surface area contributed by atoms with Crippen LogP contribution in [0.5, 0.6) is 0 Å². The summed E-state index contributed by atoms with van der Waals surface area (Å²) in [5.74, 6) is 1.94. The zero-order valence-electron chi connectivity index (χ0n) is 14.2. The van der Waals surface area contributed by atoms with Crippen LogP contribution in [0.15, 0.2) is 11.6 Å². The fraction of sp³-hybridized carbons (Fsp3) is 0.900. The van der Waals surface area contributed by atoms with E-state index in [-0.39, 0.29) is 11.8 Å². The first-order chi connectivity index (χ1) is 10.6. The fourth-order valence-electron chi connectivity index (χ4n) is 5.08. The van der Waals surface area contributed by atoms with Crippen LogP contribution in [0.2, 0.25) is 0 Å². The smallest absolute Gasteiger partial charge is 0.134 e. The number of rotatable bonds is 2. The van der Waals surface area contributed by atoms with Gasteiger partial charge in [-0.15, -0.1) is 0 Å². The largest absolute Gasteiger partial charge is 0.244 e. The lowest BCUT2D eigenvalue weighted by atomic mass is 9.68. The molecule has 2 fully saturated rings. The second-order valence-electron chi connectivity index (χ2n) is 8.38. The van der Waals surface area contributed by atoms with Gasteiger partial charge in [0.25, 0.3) is 0 Å². The highest BCUT2D eigenvalue weighted by Gasteiger charge is 2.42. The Morgan fingerprint density at radius 3 is 2.23 bits per heavy atom. The third-order valence-corrected chi connectivity index (χ3v) is 6.84. The molecule has 2 heteroatoms. The molecule has 126 valence electrons. The summed E-state index contributed by atoms with van der Waals surface area (Å²) in [4.78, 5) is 0. The lowest BCUT2D eigenvalue weighted by Crippen LogP contribution is -2.40. The molecule has 0 N–H and O–H groups in total. The quantitative estimate of drug-likeness (QED) is 0.528. The van der Waals surface area contributed by atoms with E-state index in [1.807, 2.05) is 6.92 Å². The first kappa shape index (κ1) is 16.5. The van der Waals surface area contributed by atoms with Gasteiger partial charge in [-0.05, 0) is 74.5 Å². The molecule has 3 aliphatic carbocycles. The normalized spacial score (nSPS) is 47.1. The van der Waals surface area contributed by atoms with Crippen LogP contribution in [0.4, 0.5) is 8.78 Å². The molecule has 0 bridgehead atoms. The van der Waals surface area contributed by atoms with Gasteiger partial charge in [-0.1, -0.05) is 38.3 Å². The molecule has 0 aromatic rings. The molecule has 0 heterocycles. The summed E-state index contributed by atoms with van der Waals surface area (Å²) in [6.45, 7) is 4.22. The van der Waals surface area contributed by atoms with Gasteiger partial charge in [-0.25, -0.2) is 8.78 Å². The van der Waals surface area contributed by atoms with Gasteiger partial charge in [-0.2, -0.15) is 0 Å². The maximum absolute atomic E-state index is 14.4. The molecule has 0 radical (unpaired) electrons. The first-order valence-electron chi connectivity index (χ1n) is 9.53. The molecule has 0 amide bonds. The topological polar surface area (TPSA) is 0 Å². The van der Waals surface area contributed by atoms with Crippen molar-refractivity contribution >= 4 is 0 Å². The molecule has 2 saturated carbocycles. The van der Waals surface area contributed by atoms with Gasteiger partial charge in [0.2, 0.25) is 0 Å². The van der Waals surface area contributed by atoms with Gasteiger partial charge in [0, 0.05) is 0 Å². The van der Waals surface area contributed by atoms with Gasteiger partial charge >= 0.3 is 0 Å². The summed E-state index contributed by atoms with van der Waals surface area (Å²) in [5.41, 5.74) is 1.64. The Bertz CT molecular complexity index is 395. The van der Waals surface area contributed by atoms with E-state index in [2.05, 4.69) is 13.0 Å². The van der Waals surface area contributed by atoms with Gasteiger partial charge in [-0.3, -0.25) is 0 Å². The Morgan fingerprint density at radius 2 is 1.59 bits per heavy atom. The maximum atomic E-state index is 14.4. The van der Waals surface area contributed by atoms with Crippen molar-refractivity contribution < 1.29 is 8.78 Å². The third kappa shape index (κ3) is 3.41. The average Bonchev–Trinajstić information content (AvgIpc) is 2.54. The average molecular weight is 310 g/mol. The molecule has 22 heavy (non-hydrogen) atoms. The molecule has 0 aliphatic heterocycles. The van der Waals surface area contributed by atoms with Gasteiger partial charge in [0.15, 0.2) is 0 Å². The van der Waals surface area contributed by atoms with Crippen LogP contribution in [0.1, 0.15) is 71.6 Å². The van der Waals surface area contributed by atoms with Crippen molar-refractivity contribution in [3.05, 3.63) is 11.6 Å². The van der Waals surface area contributed by atoms with Crippen LogP contribution in [0.25, 0.3) is 0 Å². The molecule has 5 atom stereocenters. The minimum absolute atomic E-state index is 0.0321. The molecule has 5 unspecified atom stereocenters. The van der Waals surface area contributed by atoms with Crippen molar-refractivity contribution in [1.29, 1.82) is 0 Å².